The van der Waals surface area contributed by atoms with Gasteiger partial charge in [0.25, 0.3) is 0 Å². The molecule has 0 radical (unpaired) electrons. The third-order valence-corrected chi connectivity index (χ3v) is 11.3. The second-order valence-electron chi connectivity index (χ2n) is 11.2. The van der Waals surface area contributed by atoms with Crippen LogP contribution in [0, 0.1) is 40.4 Å². The number of hydrogen-bond donors (Lipinski definition) is 0. The van der Waals surface area contributed by atoms with Crippen molar-refractivity contribution < 1.29 is 14.3 Å². The molecule has 4 aliphatic rings. The number of esters is 1. The van der Waals surface area contributed by atoms with Crippen molar-refractivity contribution in [2.45, 2.75) is 95.9 Å². The Labute approximate surface area is 185 Å². The maximum atomic E-state index is 12.5. The van der Waals surface area contributed by atoms with E-state index in [9.17, 15) is 9.59 Å². The molecule has 4 rings (SSSR count). The molecule has 0 aliphatic heterocycles. The first kappa shape index (κ1) is 21.9. The summed E-state index contributed by atoms with van der Waals surface area (Å²) in [5.74, 6) is 2.37. The van der Waals surface area contributed by atoms with Gasteiger partial charge in [-0.05, 0) is 80.0 Å². The summed E-state index contributed by atoms with van der Waals surface area (Å²) in [6, 6.07) is 0. The molecule has 164 valence electrons. The lowest BCUT2D eigenvalue weighted by atomic mass is 9.44. The summed E-state index contributed by atoms with van der Waals surface area (Å²) in [6.45, 7) is 10.2. The molecule has 0 bridgehead atoms. The average Bonchev–Trinajstić information content (AvgIpc) is 2.87. The van der Waals surface area contributed by atoms with E-state index in [-0.39, 0.29) is 34.2 Å². The van der Waals surface area contributed by atoms with Crippen molar-refractivity contribution in [3.8, 4) is 0 Å². The summed E-state index contributed by atoms with van der Waals surface area (Å²) in [6.07, 6.45) is 6.62. The van der Waals surface area contributed by atoms with Crippen molar-refractivity contribution >= 4 is 35.0 Å². The molecule has 0 unspecified atom stereocenters. The lowest BCUT2D eigenvalue weighted by Crippen LogP contribution is -2.65. The van der Waals surface area contributed by atoms with E-state index in [1.165, 1.54) is 6.92 Å². The van der Waals surface area contributed by atoms with E-state index in [0.717, 1.165) is 38.5 Å². The highest BCUT2D eigenvalue weighted by Gasteiger charge is 2.68. The van der Waals surface area contributed by atoms with Crippen LogP contribution in [-0.4, -0.2) is 28.1 Å². The predicted octanol–water partition coefficient (Wildman–Crippen LogP) is 5.99. The lowest BCUT2D eigenvalue weighted by molar-refractivity contribution is -0.157. The SMILES string of the molecule is CC(=O)O[C@@H]1CC[C@]2(C)[C@@H]3CC[C@]4(C)[C@H](C(C)=O)[C@@H](C)C[C@H]4[C@@H]3C[C@H](Cl)[C@@]2(Cl)C1. The number of carbonyl (C=O) groups is 2. The number of ether oxygens (including phenoxy) is 1. The molecule has 10 atom stereocenters. The Morgan fingerprint density at radius 1 is 1.03 bits per heavy atom. The molecule has 0 spiro atoms. The van der Waals surface area contributed by atoms with Gasteiger partial charge in [-0.2, -0.15) is 0 Å². The van der Waals surface area contributed by atoms with Crippen molar-refractivity contribution in [1.29, 1.82) is 0 Å². The molecule has 4 fully saturated rings. The quantitative estimate of drug-likeness (QED) is 0.389. The number of ketones is 1. The van der Waals surface area contributed by atoms with Crippen LogP contribution in [-0.2, 0) is 14.3 Å². The highest BCUT2D eigenvalue weighted by atomic mass is 35.5. The number of Topliss-reactive ketones (excluding diaryl/α,β-unsaturated/α-hetero) is 1. The van der Waals surface area contributed by atoms with E-state index >= 15 is 0 Å². The van der Waals surface area contributed by atoms with E-state index in [0.29, 0.717) is 35.9 Å². The van der Waals surface area contributed by atoms with E-state index in [4.69, 9.17) is 27.9 Å². The van der Waals surface area contributed by atoms with E-state index in [1.807, 2.05) is 0 Å². The first-order valence-electron chi connectivity index (χ1n) is 11.4. The van der Waals surface area contributed by atoms with Gasteiger partial charge in [0.1, 0.15) is 11.9 Å². The fraction of sp³-hybridized carbons (Fsp3) is 0.917. The summed E-state index contributed by atoms with van der Waals surface area (Å²) in [5.41, 5.74) is 0.0417. The third-order valence-electron chi connectivity index (χ3n) is 9.80. The Morgan fingerprint density at radius 2 is 1.72 bits per heavy atom. The normalized spacial score (nSPS) is 54.1. The zero-order chi connectivity index (χ0) is 21.4. The summed E-state index contributed by atoms with van der Waals surface area (Å²) in [4.78, 5) is 23.5. The molecule has 0 saturated heterocycles. The van der Waals surface area contributed by atoms with Gasteiger partial charge >= 0.3 is 5.97 Å². The second kappa shape index (κ2) is 7.12. The van der Waals surface area contributed by atoms with Gasteiger partial charge in [-0.3, -0.25) is 9.59 Å². The predicted molar refractivity (Wildman–Crippen MR) is 116 cm³/mol. The zero-order valence-electron chi connectivity index (χ0n) is 18.5. The maximum Gasteiger partial charge on any atom is 0.302 e. The molecule has 29 heavy (non-hydrogen) atoms. The molecule has 0 N–H and O–H groups in total. The van der Waals surface area contributed by atoms with E-state index < -0.39 is 4.87 Å². The van der Waals surface area contributed by atoms with Gasteiger partial charge in [0.05, 0.1) is 10.3 Å². The molecular weight excluding hydrogens is 407 g/mol. The first-order valence-corrected chi connectivity index (χ1v) is 12.3. The molecular formula is C24H36Cl2O3. The van der Waals surface area contributed by atoms with Gasteiger partial charge in [0.2, 0.25) is 0 Å². The number of hydrogen-bond acceptors (Lipinski definition) is 3. The molecule has 5 heteroatoms. The topological polar surface area (TPSA) is 43.4 Å². The summed E-state index contributed by atoms with van der Waals surface area (Å²) < 4.78 is 5.56. The Morgan fingerprint density at radius 3 is 2.34 bits per heavy atom. The number of alkyl halides is 2. The number of fused-ring (bicyclic) bond motifs is 5. The molecule has 0 heterocycles. The summed E-state index contributed by atoms with van der Waals surface area (Å²) in [5, 5.41) is -0.136. The van der Waals surface area contributed by atoms with Crippen molar-refractivity contribution in [3.05, 3.63) is 0 Å². The van der Waals surface area contributed by atoms with E-state index in [1.54, 1.807) is 6.92 Å². The van der Waals surface area contributed by atoms with Gasteiger partial charge in [-0.1, -0.05) is 20.8 Å². The van der Waals surface area contributed by atoms with Crippen LogP contribution in [0.3, 0.4) is 0 Å². The zero-order valence-corrected chi connectivity index (χ0v) is 20.0. The third kappa shape index (κ3) is 3.04. The van der Waals surface area contributed by atoms with Crippen LogP contribution < -0.4 is 0 Å². The van der Waals surface area contributed by atoms with Gasteiger partial charge < -0.3 is 4.74 Å². The van der Waals surface area contributed by atoms with Crippen molar-refractivity contribution in [2.75, 3.05) is 0 Å². The Bertz CT molecular complexity index is 710. The Kier molecular flexibility index (Phi) is 5.39. The van der Waals surface area contributed by atoms with Crippen molar-refractivity contribution in [2.24, 2.45) is 40.4 Å². The number of rotatable bonds is 2. The molecule has 4 saturated carbocycles. The van der Waals surface area contributed by atoms with Crippen LogP contribution in [0.5, 0.6) is 0 Å². The maximum absolute atomic E-state index is 12.5. The lowest BCUT2D eigenvalue weighted by Gasteiger charge is -2.65. The fourth-order valence-corrected chi connectivity index (χ4v) is 9.75. The molecule has 4 aliphatic carbocycles. The molecule has 3 nitrogen and oxygen atoms in total. The molecule has 0 aromatic carbocycles. The minimum absolute atomic E-state index is 0.0561. The van der Waals surface area contributed by atoms with Gasteiger partial charge in [0.15, 0.2) is 0 Å². The Balaban J connectivity index is 1.65. The average molecular weight is 443 g/mol. The van der Waals surface area contributed by atoms with Gasteiger partial charge in [-0.15, -0.1) is 23.2 Å². The smallest absolute Gasteiger partial charge is 0.302 e. The van der Waals surface area contributed by atoms with Crippen LogP contribution >= 0.6 is 23.2 Å². The molecule has 0 aromatic heterocycles. The number of carbonyl (C=O) groups excluding carboxylic acids is 2. The highest BCUT2D eigenvalue weighted by molar-refractivity contribution is 6.33. The molecule has 0 amide bonds. The van der Waals surface area contributed by atoms with Crippen LogP contribution in [0.2, 0.25) is 0 Å². The highest BCUT2D eigenvalue weighted by Crippen LogP contribution is 2.71. The van der Waals surface area contributed by atoms with Crippen LogP contribution in [0.1, 0.15) is 79.6 Å². The van der Waals surface area contributed by atoms with Crippen LogP contribution in [0.15, 0.2) is 0 Å². The second-order valence-corrected chi connectivity index (χ2v) is 12.4. The minimum Gasteiger partial charge on any atom is -0.462 e. The van der Waals surface area contributed by atoms with Crippen LogP contribution in [0.4, 0.5) is 0 Å². The van der Waals surface area contributed by atoms with Crippen molar-refractivity contribution in [1.82, 2.24) is 0 Å². The monoisotopic (exact) mass is 442 g/mol. The number of halogens is 2. The van der Waals surface area contributed by atoms with Crippen LogP contribution in [0.25, 0.3) is 0 Å². The van der Waals surface area contributed by atoms with Gasteiger partial charge in [0, 0.05) is 19.3 Å². The van der Waals surface area contributed by atoms with E-state index in [2.05, 4.69) is 20.8 Å². The molecule has 0 aromatic rings. The first-order chi connectivity index (χ1) is 13.4. The largest absolute Gasteiger partial charge is 0.462 e. The summed E-state index contributed by atoms with van der Waals surface area (Å²) in [7, 11) is 0. The van der Waals surface area contributed by atoms with Gasteiger partial charge in [-0.25, -0.2) is 0 Å². The minimum atomic E-state index is -0.536. The Hall–Kier alpha value is -0.280. The summed E-state index contributed by atoms with van der Waals surface area (Å²) >= 11 is 14.4. The standard InChI is InChI=1S/C24H36Cl2O3/c1-13-10-19-17-11-20(25)24(26)12-16(29-15(3)28)6-9-23(24,5)18(17)7-8-22(19,4)21(13)14(2)27/h13,16-21H,6-12H2,1-5H3/t13-,16+,17+,18+,19-,20-,21-,22-,23+,24-/m0/s1. The van der Waals surface area contributed by atoms with Crippen molar-refractivity contribution in [3.63, 3.8) is 0 Å². The fourth-order valence-electron chi connectivity index (χ4n) is 8.71.